The van der Waals surface area contributed by atoms with Crippen molar-refractivity contribution in [3.05, 3.63) is 65.7 Å². The highest BCUT2D eigenvalue weighted by atomic mass is 32.2. The Morgan fingerprint density at radius 3 is 2.21 bits per heavy atom. The number of likely N-dealkylation sites (tertiary alicyclic amines) is 1. The third-order valence-electron chi connectivity index (χ3n) is 5.45. The van der Waals surface area contributed by atoms with Crippen LogP contribution < -0.4 is 5.32 Å². The number of rotatable bonds is 4. The van der Waals surface area contributed by atoms with Crippen molar-refractivity contribution in [2.45, 2.75) is 23.8 Å². The van der Waals surface area contributed by atoms with Gasteiger partial charge in [-0.15, -0.1) is 23.5 Å². The summed E-state index contributed by atoms with van der Waals surface area (Å²) in [5.74, 6) is 2.51. The van der Waals surface area contributed by atoms with Crippen molar-refractivity contribution in [3.63, 3.8) is 0 Å². The Hall–Kier alpha value is -1.92. The molecule has 2 aliphatic rings. The average molecular weight is 427 g/mol. The van der Waals surface area contributed by atoms with E-state index in [-0.39, 0.29) is 17.7 Å². The van der Waals surface area contributed by atoms with Crippen molar-refractivity contribution in [3.8, 4) is 0 Å². The fraction of sp³-hybridized carbons (Fsp3) is 0.391. The van der Waals surface area contributed by atoms with E-state index < -0.39 is 0 Å². The van der Waals surface area contributed by atoms with Gasteiger partial charge in [0.2, 0.25) is 5.91 Å². The van der Waals surface area contributed by atoms with Crippen LogP contribution in [0.2, 0.25) is 0 Å². The monoisotopic (exact) mass is 426 g/mol. The van der Waals surface area contributed by atoms with E-state index in [1.807, 2.05) is 70.9 Å². The second-order valence-electron chi connectivity index (χ2n) is 7.47. The van der Waals surface area contributed by atoms with Crippen LogP contribution in [0.1, 0.15) is 39.8 Å². The van der Waals surface area contributed by atoms with Crippen molar-refractivity contribution in [2.75, 3.05) is 29.9 Å². The summed E-state index contributed by atoms with van der Waals surface area (Å²) in [6, 6.07) is 17.7. The van der Waals surface area contributed by atoms with Crippen LogP contribution in [0.5, 0.6) is 0 Å². The van der Waals surface area contributed by atoms with E-state index >= 15 is 0 Å². The summed E-state index contributed by atoms with van der Waals surface area (Å²) in [7, 11) is 0. The largest absolute Gasteiger partial charge is 0.339 e. The first kappa shape index (κ1) is 20.4. The van der Waals surface area contributed by atoms with Crippen molar-refractivity contribution in [1.82, 2.24) is 4.90 Å². The number of hydrogen-bond acceptors (Lipinski definition) is 4. The molecule has 0 bridgehead atoms. The summed E-state index contributed by atoms with van der Waals surface area (Å²) < 4.78 is 0.492. The highest BCUT2D eigenvalue weighted by Gasteiger charge is 2.28. The SMILES string of the molecule is O=C(Nc1ccccc1)C1CCN(C(=O)c2ccc(C3SCCCS3)cc2)CC1. The van der Waals surface area contributed by atoms with Crippen LogP contribution in [-0.4, -0.2) is 41.3 Å². The molecule has 4 nitrogen and oxygen atoms in total. The van der Waals surface area contributed by atoms with Crippen LogP contribution in [0.4, 0.5) is 5.69 Å². The van der Waals surface area contributed by atoms with Gasteiger partial charge >= 0.3 is 0 Å². The third kappa shape index (κ3) is 5.17. The van der Waals surface area contributed by atoms with E-state index in [9.17, 15) is 9.59 Å². The Balaban J connectivity index is 1.30. The van der Waals surface area contributed by atoms with E-state index in [0.717, 1.165) is 11.3 Å². The van der Waals surface area contributed by atoms with Crippen LogP contribution in [0, 0.1) is 5.92 Å². The molecule has 0 radical (unpaired) electrons. The van der Waals surface area contributed by atoms with Gasteiger partial charge in [0.25, 0.3) is 5.91 Å². The van der Waals surface area contributed by atoms with Crippen LogP contribution in [-0.2, 0) is 4.79 Å². The van der Waals surface area contributed by atoms with Crippen LogP contribution in [0.25, 0.3) is 0 Å². The quantitative estimate of drug-likeness (QED) is 0.744. The number of amides is 2. The number of benzene rings is 2. The minimum absolute atomic E-state index is 0.0398. The first-order valence-corrected chi connectivity index (χ1v) is 12.3. The molecular weight excluding hydrogens is 400 g/mol. The second kappa shape index (κ2) is 9.72. The molecule has 0 spiro atoms. The normalized spacial score (nSPS) is 18.4. The zero-order valence-corrected chi connectivity index (χ0v) is 18.0. The van der Waals surface area contributed by atoms with Gasteiger partial charge in [-0.05, 0) is 60.6 Å². The van der Waals surface area contributed by atoms with Crippen molar-refractivity contribution in [2.24, 2.45) is 5.92 Å². The summed E-state index contributed by atoms with van der Waals surface area (Å²) in [6.07, 6.45) is 2.69. The highest BCUT2D eigenvalue weighted by molar-refractivity contribution is 8.16. The van der Waals surface area contributed by atoms with Gasteiger partial charge in [0, 0.05) is 30.3 Å². The van der Waals surface area contributed by atoms with E-state index in [1.54, 1.807) is 0 Å². The average Bonchev–Trinajstić information content (AvgIpc) is 2.80. The lowest BCUT2D eigenvalue weighted by Crippen LogP contribution is -2.41. The number of thioether (sulfide) groups is 2. The van der Waals surface area contributed by atoms with Gasteiger partial charge in [-0.1, -0.05) is 30.3 Å². The molecule has 0 saturated carbocycles. The van der Waals surface area contributed by atoms with Gasteiger partial charge in [-0.3, -0.25) is 9.59 Å². The van der Waals surface area contributed by atoms with Crippen LogP contribution >= 0.6 is 23.5 Å². The first-order valence-electron chi connectivity index (χ1n) is 10.2. The van der Waals surface area contributed by atoms with Gasteiger partial charge in [-0.2, -0.15) is 0 Å². The molecule has 0 aromatic heterocycles. The standard InChI is InChI=1S/C23H26N2O2S2/c26-21(24-20-5-2-1-3-6-20)17-11-13-25(14-12-17)22(27)18-7-9-19(10-8-18)23-28-15-4-16-29-23/h1-3,5-10,17,23H,4,11-16H2,(H,24,26). The molecule has 0 atom stereocenters. The second-order valence-corrected chi connectivity index (χ2v) is 10.2. The van der Waals surface area contributed by atoms with Gasteiger partial charge in [0.1, 0.15) is 0 Å². The molecule has 1 N–H and O–H groups in total. The number of piperidine rings is 1. The Kier molecular flexibility index (Phi) is 6.82. The molecule has 2 saturated heterocycles. The first-order chi connectivity index (χ1) is 14.2. The van der Waals surface area contributed by atoms with E-state index in [4.69, 9.17) is 0 Å². The Morgan fingerprint density at radius 2 is 1.55 bits per heavy atom. The zero-order valence-electron chi connectivity index (χ0n) is 16.4. The molecule has 0 unspecified atom stereocenters. The predicted molar refractivity (Wildman–Crippen MR) is 122 cm³/mol. The molecule has 2 amide bonds. The maximum Gasteiger partial charge on any atom is 0.253 e. The topological polar surface area (TPSA) is 49.4 Å². The minimum Gasteiger partial charge on any atom is -0.339 e. The van der Waals surface area contributed by atoms with Gasteiger partial charge in [0.15, 0.2) is 0 Å². The maximum atomic E-state index is 12.9. The minimum atomic E-state index is -0.0398. The molecule has 2 aliphatic heterocycles. The molecule has 2 heterocycles. The van der Waals surface area contributed by atoms with Crippen molar-refractivity contribution >= 4 is 41.0 Å². The maximum absolute atomic E-state index is 12.9. The fourth-order valence-electron chi connectivity index (χ4n) is 3.76. The number of carbonyl (C=O) groups is 2. The Morgan fingerprint density at radius 1 is 0.897 bits per heavy atom. The van der Waals surface area contributed by atoms with Crippen LogP contribution in [0.15, 0.2) is 54.6 Å². The Labute approximate surface area is 180 Å². The summed E-state index contributed by atoms with van der Waals surface area (Å²) in [5.41, 5.74) is 2.87. The molecule has 29 heavy (non-hydrogen) atoms. The summed E-state index contributed by atoms with van der Waals surface area (Å²) >= 11 is 3.98. The molecule has 2 fully saturated rings. The highest BCUT2D eigenvalue weighted by Crippen LogP contribution is 2.43. The molecule has 2 aromatic rings. The molecule has 0 aliphatic carbocycles. The lowest BCUT2D eigenvalue weighted by atomic mass is 9.95. The number of carbonyl (C=O) groups excluding carboxylic acids is 2. The molecule has 2 aromatic carbocycles. The van der Waals surface area contributed by atoms with E-state index in [0.29, 0.717) is 30.5 Å². The lowest BCUT2D eigenvalue weighted by Gasteiger charge is -2.31. The van der Waals surface area contributed by atoms with E-state index in [2.05, 4.69) is 17.4 Å². The number of nitrogens with one attached hydrogen (secondary N) is 1. The zero-order chi connectivity index (χ0) is 20.1. The summed E-state index contributed by atoms with van der Waals surface area (Å²) in [6.45, 7) is 1.25. The number of para-hydroxylation sites is 1. The summed E-state index contributed by atoms with van der Waals surface area (Å²) in [4.78, 5) is 27.2. The lowest BCUT2D eigenvalue weighted by molar-refractivity contribution is -0.121. The van der Waals surface area contributed by atoms with Gasteiger partial charge < -0.3 is 10.2 Å². The number of hydrogen-bond donors (Lipinski definition) is 1. The molecular formula is C23H26N2O2S2. The molecule has 4 rings (SSSR count). The molecule has 6 heteroatoms. The third-order valence-corrected chi connectivity index (χ3v) is 8.47. The summed E-state index contributed by atoms with van der Waals surface area (Å²) in [5, 5.41) is 2.98. The van der Waals surface area contributed by atoms with E-state index in [1.165, 1.54) is 23.5 Å². The Bertz CT molecular complexity index is 828. The van der Waals surface area contributed by atoms with Crippen molar-refractivity contribution < 1.29 is 9.59 Å². The van der Waals surface area contributed by atoms with Crippen molar-refractivity contribution in [1.29, 1.82) is 0 Å². The van der Waals surface area contributed by atoms with Crippen LogP contribution in [0.3, 0.4) is 0 Å². The fourth-order valence-corrected chi connectivity index (χ4v) is 6.65. The molecule has 152 valence electrons. The number of nitrogens with zero attached hydrogens (tertiary/aromatic N) is 1. The van der Waals surface area contributed by atoms with Gasteiger partial charge in [0.05, 0.1) is 4.58 Å². The smallest absolute Gasteiger partial charge is 0.253 e. The number of anilines is 1. The van der Waals surface area contributed by atoms with Gasteiger partial charge in [-0.25, -0.2) is 0 Å². The predicted octanol–water partition coefficient (Wildman–Crippen LogP) is 5.05.